The van der Waals surface area contributed by atoms with Crippen molar-refractivity contribution < 1.29 is 18.0 Å². The molecule has 0 saturated heterocycles. The maximum Gasteiger partial charge on any atom is 0.251 e. The number of hydrogen-bond acceptors (Lipinski definition) is 2. The van der Waals surface area contributed by atoms with Gasteiger partial charge < -0.3 is 11.1 Å². The molecule has 0 atom stereocenters. The largest absolute Gasteiger partial charge is 0.396 e. The third-order valence-corrected chi connectivity index (χ3v) is 2.88. The van der Waals surface area contributed by atoms with E-state index in [1.807, 2.05) is 0 Å². The van der Waals surface area contributed by atoms with Gasteiger partial charge in [-0.1, -0.05) is 0 Å². The van der Waals surface area contributed by atoms with E-state index in [2.05, 4.69) is 5.32 Å². The Bertz CT molecular complexity index is 654. The molecule has 0 heterocycles. The molecule has 2 rings (SSSR count). The fourth-order valence-corrected chi connectivity index (χ4v) is 1.85. The number of halogens is 3. The number of anilines is 1. The summed E-state index contributed by atoms with van der Waals surface area (Å²) >= 11 is 0. The van der Waals surface area contributed by atoms with Crippen molar-refractivity contribution in [2.75, 3.05) is 12.3 Å². The highest BCUT2D eigenvalue weighted by atomic mass is 19.1. The molecule has 0 unspecified atom stereocenters. The molecule has 0 saturated carbocycles. The van der Waals surface area contributed by atoms with Gasteiger partial charge >= 0.3 is 0 Å². The Morgan fingerprint density at radius 1 is 1.05 bits per heavy atom. The van der Waals surface area contributed by atoms with Gasteiger partial charge in [0.2, 0.25) is 0 Å². The fourth-order valence-electron chi connectivity index (χ4n) is 1.85. The van der Waals surface area contributed by atoms with Crippen molar-refractivity contribution >= 4 is 11.6 Å². The number of amides is 1. The van der Waals surface area contributed by atoms with Gasteiger partial charge in [0.1, 0.15) is 17.5 Å². The first-order chi connectivity index (χ1) is 9.95. The van der Waals surface area contributed by atoms with Gasteiger partial charge in [0.25, 0.3) is 5.91 Å². The van der Waals surface area contributed by atoms with E-state index in [0.29, 0.717) is 5.56 Å². The van der Waals surface area contributed by atoms with Crippen molar-refractivity contribution in [2.45, 2.75) is 6.42 Å². The molecule has 0 fully saturated rings. The van der Waals surface area contributed by atoms with Crippen LogP contribution in [0.4, 0.5) is 18.9 Å². The van der Waals surface area contributed by atoms with Crippen molar-refractivity contribution in [1.29, 1.82) is 0 Å². The van der Waals surface area contributed by atoms with Crippen LogP contribution in [0.1, 0.15) is 15.9 Å². The van der Waals surface area contributed by atoms with E-state index in [4.69, 9.17) is 5.73 Å². The first kappa shape index (κ1) is 14.9. The van der Waals surface area contributed by atoms with Crippen molar-refractivity contribution in [3.63, 3.8) is 0 Å². The average Bonchev–Trinajstić information content (AvgIpc) is 2.40. The van der Waals surface area contributed by atoms with Gasteiger partial charge in [-0.3, -0.25) is 4.79 Å². The zero-order chi connectivity index (χ0) is 15.4. The molecule has 0 aliphatic rings. The second-order valence-corrected chi connectivity index (χ2v) is 4.52. The maximum absolute atomic E-state index is 13.2. The number of nitrogen functional groups attached to an aromatic ring is 1. The lowest BCUT2D eigenvalue weighted by Gasteiger charge is -2.06. The molecule has 1 amide bonds. The second kappa shape index (κ2) is 6.30. The quantitative estimate of drug-likeness (QED) is 0.852. The molecule has 110 valence electrons. The highest BCUT2D eigenvalue weighted by Gasteiger charge is 2.08. The second-order valence-electron chi connectivity index (χ2n) is 4.52. The number of hydrogen-bond donors (Lipinski definition) is 2. The first-order valence-electron chi connectivity index (χ1n) is 6.24. The SMILES string of the molecule is Nc1ccc(C(=O)NCCc2cc(F)cc(F)c2)cc1F. The normalized spacial score (nSPS) is 10.4. The van der Waals surface area contributed by atoms with Crippen molar-refractivity contribution in [3.8, 4) is 0 Å². The minimum atomic E-state index is -0.671. The Morgan fingerprint density at radius 3 is 2.33 bits per heavy atom. The van der Waals surface area contributed by atoms with Gasteiger partial charge in [-0.2, -0.15) is 0 Å². The van der Waals surface area contributed by atoms with Gasteiger partial charge in [-0.05, 0) is 42.3 Å². The summed E-state index contributed by atoms with van der Waals surface area (Å²) in [7, 11) is 0. The molecule has 0 radical (unpaired) electrons. The van der Waals surface area contributed by atoms with E-state index >= 15 is 0 Å². The summed E-state index contributed by atoms with van der Waals surface area (Å²) in [5, 5.41) is 2.54. The Balaban J connectivity index is 1.93. The number of nitrogens with one attached hydrogen (secondary N) is 1. The Labute approximate surface area is 119 Å². The molecule has 3 N–H and O–H groups in total. The molecule has 0 spiro atoms. The van der Waals surface area contributed by atoms with E-state index in [1.54, 1.807) is 0 Å². The third kappa shape index (κ3) is 3.98. The predicted molar refractivity (Wildman–Crippen MR) is 73.2 cm³/mol. The lowest BCUT2D eigenvalue weighted by Crippen LogP contribution is -2.25. The number of benzene rings is 2. The molecule has 0 aromatic heterocycles. The summed E-state index contributed by atoms with van der Waals surface area (Å²) < 4.78 is 39.2. The number of rotatable bonds is 4. The number of nitrogens with two attached hydrogens (primary N) is 1. The van der Waals surface area contributed by atoms with Crippen LogP contribution in [0.15, 0.2) is 36.4 Å². The lowest BCUT2D eigenvalue weighted by atomic mass is 10.1. The van der Waals surface area contributed by atoms with Gasteiger partial charge in [-0.25, -0.2) is 13.2 Å². The van der Waals surface area contributed by atoms with Crippen molar-refractivity contribution in [3.05, 3.63) is 65.0 Å². The van der Waals surface area contributed by atoms with E-state index in [-0.39, 0.29) is 24.2 Å². The van der Waals surface area contributed by atoms with E-state index < -0.39 is 23.4 Å². The molecule has 2 aromatic carbocycles. The van der Waals surface area contributed by atoms with E-state index in [9.17, 15) is 18.0 Å². The fraction of sp³-hybridized carbons (Fsp3) is 0.133. The smallest absolute Gasteiger partial charge is 0.251 e. The first-order valence-corrected chi connectivity index (χ1v) is 6.24. The van der Waals surface area contributed by atoms with Gasteiger partial charge in [-0.15, -0.1) is 0 Å². The highest BCUT2D eigenvalue weighted by molar-refractivity contribution is 5.94. The molecule has 21 heavy (non-hydrogen) atoms. The maximum atomic E-state index is 13.2. The van der Waals surface area contributed by atoms with E-state index in [1.165, 1.54) is 24.3 Å². The molecule has 2 aromatic rings. The topological polar surface area (TPSA) is 55.1 Å². The monoisotopic (exact) mass is 294 g/mol. The molecule has 6 heteroatoms. The Hall–Kier alpha value is -2.50. The highest BCUT2D eigenvalue weighted by Crippen LogP contribution is 2.12. The molecule has 0 aliphatic carbocycles. The van der Waals surface area contributed by atoms with Crippen LogP contribution in [0.25, 0.3) is 0 Å². The summed E-state index contributed by atoms with van der Waals surface area (Å²) in [6.45, 7) is 0.174. The Kier molecular flexibility index (Phi) is 4.47. The standard InChI is InChI=1S/C15H13F3N2O/c16-11-5-9(6-12(17)8-11)3-4-20-15(21)10-1-2-14(19)13(18)7-10/h1-2,5-8H,3-4,19H2,(H,20,21). The van der Waals surface area contributed by atoms with Gasteiger partial charge in [0.05, 0.1) is 5.69 Å². The van der Waals surface area contributed by atoms with Crippen molar-refractivity contribution in [2.24, 2.45) is 0 Å². The number of carbonyl (C=O) groups excluding carboxylic acids is 1. The van der Waals surface area contributed by atoms with Crippen LogP contribution in [0, 0.1) is 17.5 Å². The number of carbonyl (C=O) groups is 1. The molecule has 0 aliphatic heterocycles. The predicted octanol–water partition coefficient (Wildman–Crippen LogP) is 2.66. The summed E-state index contributed by atoms with van der Waals surface area (Å²) in [6.07, 6.45) is 0.262. The van der Waals surface area contributed by atoms with Crippen LogP contribution in [0.5, 0.6) is 0 Å². The lowest BCUT2D eigenvalue weighted by molar-refractivity contribution is 0.0953. The minimum Gasteiger partial charge on any atom is -0.396 e. The summed E-state index contributed by atoms with van der Waals surface area (Å²) in [5.41, 5.74) is 5.83. The Morgan fingerprint density at radius 2 is 1.71 bits per heavy atom. The summed E-state index contributed by atoms with van der Waals surface area (Å²) in [6, 6.07) is 6.89. The van der Waals surface area contributed by atoms with Crippen LogP contribution in [0.2, 0.25) is 0 Å². The minimum absolute atomic E-state index is 0.0400. The van der Waals surface area contributed by atoms with Crippen LogP contribution in [-0.2, 0) is 6.42 Å². The molecular weight excluding hydrogens is 281 g/mol. The summed E-state index contributed by atoms with van der Waals surface area (Å²) in [4.78, 5) is 11.8. The van der Waals surface area contributed by atoms with Gasteiger partial charge in [0, 0.05) is 18.2 Å². The third-order valence-electron chi connectivity index (χ3n) is 2.88. The van der Waals surface area contributed by atoms with E-state index in [0.717, 1.165) is 12.1 Å². The molecular formula is C15H13F3N2O. The van der Waals surface area contributed by atoms with Gasteiger partial charge in [0.15, 0.2) is 0 Å². The molecule has 3 nitrogen and oxygen atoms in total. The summed E-state index contributed by atoms with van der Waals surface area (Å²) in [5.74, 6) is -2.49. The van der Waals surface area contributed by atoms with Crippen molar-refractivity contribution in [1.82, 2.24) is 5.32 Å². The molecule has 0 bridgehead atoms. The zero-order valence-electron chi connectivity index (χ0n) is 11.0. The van der Waals surface area contributed by atoms with Crippen LogP contribution < -0.4 is 11.1 Å². The van der Waals surface area contributed by atoms with Crippen LogP contribution in [-0.4, -0.2) is 12.5 Å². The average molecular weight is 294 g/mol. The zero-order valence-corrected chi connectivity index (χ0v) is 11.0. The van der Waals surface area contributed by atoms with Crippen LogP contribution in [0.3, 0.4) is 0 Å². The van der Waals surface area contributed by atoms with Crippen LogP contribution >= 0.6 is 0 Å².